The number of carbonyl (C=O) groups is 1. The van der Waals surface area contributed by atoms with Gasteiger partial charge in [0.2, 0.25) is 0 Å². The Morgan fingerprint density at radius 1 is 1.58 bits per heavy atom. The largest absolute Gasteiger partial charge is 0.465 e. The lowest BCUT2D eigenvalue weighted by Crippen LogP contribution is -2.53. The van der Waals surface area contributed by atoms with Gasteiger partial charge in [0.15, 0.2) is 0 Å². The van der Waals surface area contributed by atoms with Crippen molar-refractivity contribution < 1.29 is 9.53 Å². The highest BCUT2D eigenvalue weighted by atomic mass is 16.5. The molecule has 0 rings (SSSR count). The summed E-state index contributed by atoms with van der Waals surface area (Å²) in [7, 11) is 3.73. The zero-order valence-corrected chi connectivity index (χ0v) is 8.26. The summed E-state index contributed by atoms with van der Waals surface area (Å²) >= 11 is 0. The number of esters is 1. The smallest absolute Gasteiger partial charge is 0.327 e. The zero-order valence-electron chi connectivity index (χ0n) is 8.26. The fourth-order valence-electron chi connectivity index (χ4n) is 1.02. The molecule has 1 unspecified atom stereocenters. The van der Waals surface area contributed by atoms with Crippen molar-refractivity contribution in [2.45, 2.75) is 19.4 Å². The van der Waals surface area contributed by atoms with Gasteiger partial charge in [-0.25, -0.2) is 0 Å². The van der Waals surface area contributed by atoms with Crippen molar-refractivity contribution in [1.82, 2.24) is 4.90 Å². The topological polar surface area (TPSA) is 55.6 Å². The molecule has 2 N–H and O–H groups in total. The summed E-state index contributed by atoms with van der Waals surface area (Å²) < 4.78 is 4.82. The highest BCUT2D eigenvalue weighted by molar-refractivity contribution is 5.80. The van der Waals surface area contributed by atoms with Gasteiger partial charge < -0.3 is 15.4 Å². The van der Waals surface area contributed by atoms with Crippen molar-refractivity contribution in [3.8, 4) is 0 Å². The summed E-state index contributed by atoms with van der Waals surface area (Å²) in [6.07, 6.45) is 0. The van der Waals surface area contributed by atoms with Crippen LogP contribution in [0.3, 0.4) is 0 Å². The van der Waals surface area contributed by atoms with Crippen molar-refractivity contribution in [3.63, 3.8) is 0 Å². The summed E-state index contributed by atoms with van der Waals surface area (Å²) in [5.74, 6) is -0.348. The summed E-state index contributed by atoms with van der Waals surface area (Å²) in [4.78, 5) is 13.1. The third-order valence-corrected chi connectivity index (χ3v) is 1.39. The Morgan fingerprint density at radius 3 is 2.42 bits per heavy atom. The first-order valence-electron chi connectivity index (χ1n) is 4.01. The fraction of sp³-hybridized carbons (Fsp3) is 0.875. The molecule has 1 atom stereocenters. The van der Waals surface area contributed by atoms with E-state index in [1.54, 1.807) is 13.8 Å². The summed E-state index contributed by atoms with van der Waals surface area (Å²) in [6, 6.07) is 0. The molecule has 0 fully saturated rings. The molecule has 4 nitrogen and oxygen atoms in total. The zero-order chi connectivity index (χ0) is 9.78. The van der Waals surface area contributed by atoms with Crippen LogP contribution in [0.1, 0.15) is 13.8 Å². The van der Waals surface area contributed by atoms with E-state index in [1.165, 1.54) is 0 Å². The van der Waals surface area contributed by atoms with E-state index < -0.39 is 5.54 Å². The molecule has 0 aliphatic carbocycles. The normalized spacial score (nSPS) is 15.8. The number of carbonyl (C=O) groups excluding carboxylic acids is 1. The monoisotopic (exact) mass is 174 g/mol. The molecule has 0 aliphatic rings. The molecule has 12 heavy (non-hydrogen) atoms. The third kappa shape index (κ3) is 3.69. The van der Waals surface area contributed by atoms with Crippen molar-refractivity contribution >= 4 is 5.97 Å². The molecule has 0 radical (unpaired) electrons. The van der Waals surface area contributed by atoms with E-state index in [0.29, 0.717) is 13.2 Å². The molecular weight excluding hydrogens is 156 g/mol. The predicted octanol–water partition coefficient (Wildman–Crippen LogP) is -0.171. The molecule has 0 aromatic heterocycles. The van der Waals surface area contributed by atoms with Crippen molar-refractivity contribution in [2.75, 3.05) is 27.2 Å². The second kappa shape index (κ2) is 4.42. The van der Waals surface area contributed by atoms with Gasteiger partial charge in [-0.3, -0.25) is 4.79 Å². The Hall–Kier alpha value is -0.610. The quantitative estimate of drug-likeness (QED) is 0.601. The molecule has 0 spiro atoms. The van der Waals surface area contributed by atoms with Crippen LogP contribution in [0.5, 0.6) is 0 Å². The van der Waals surface area contributed by atoms with E-state index in [0.717, 1.165) is 0 Å². The van der Waals surface area contributed by atoms with Gasteiger partial charge >= 0.3 is 5.97 Å². The highest BCUT2D eigenvalue weighted by Crippen LogP contribution is 2.03. The van der Waals surface area contributed by atoms with Crippen molar-refractivity contribution in [1.29, 1.82) is 0 Å². The second-order valence-corrected chi connectivity index (χ2v) is 3.38. The van der Waals surface area contributed by atoms with Crippen LogP contribution >= 0.6 is 0 Å². The van der Waals surface area contributed by atoms with Gasteiger partial charge in [-0.05, 0) is 27.9 Å². The number of nitrogens with zero attached hydrogens (tertiary/aromatic N) is 1. The Bertz CT molecular complexity index is 155. The Morgan fingerprint density at radius 2 is 2.08 bits per heavy atom. The van der Waals surface area contributed by atoms with Crippen LogP contribution < -0.4 is 5.73 Å². The Kier molecular flexibility index (Phi) is 4.20. The fourth-order valence-corrected chi connectivity index (χ4v) is 1.02. The van der Waals surface area contributed by atoms with Crippen molar-refractivity contribution in [3.05, 3.63) is 0 Å². The molecule has 0 heterocycles. The molecule has 0 saturated carbocycles. The highest BCUT2D eigenvalue weighted by Gasteiger charge is 2.30. The first-order chi connectivity index (χ1) is 5.40. The molecule has 0 amide bonds. The number of nitrogens with two attached hydrogens (primary N) is 1. The minimum absolute atomic E-state index is 0.348. The van der Waals surface area contributed by atoms with E-state index in [2.05, 4.69) is 0 Å². The maximum atomic E-state index is 11.2. The van der Waals surface area contributed by atoms with E-state index in [9.17, 15) is 4.79 Å². The number of likely N-dealkylation sites (N-methyl/N-ethyl adjacent to an activating group) is 1. The minimum atomic E-state index is -0.903. The van der Waals surface area contributed by atoms with Crippen LogP contribution in [-0.2, 0) is 9.53 Å². The standard InChI is InChI=1S/C8H18N2O2/c1-5-12-7(11)8(2,9)6-10(3)4/h5-6,9H2,1-4H3. The van der Waals surface area contributed by atoms with Crippen LogP contribution in [0.15, 0.2) is 0 Å². The summed E-state index contributed by atoms with van der Waals surface area (Å²) in [5, 5.41) is 0. The first kappa shape index (κ1) is 11.4. The maximum absolute atomic E-state index is 11.2. The summed E-state index contributed by atoms with van der Waals surface area (Å²) in [6.45, 7) is 4.31. The molecule has 0 aromatic carbocycles. The van der Waals surface area contributed by atoms with E-state index in [4.69, 9.17) is 10.5 Å². The van der Waals surface area contributed by atoms with Gasteiger partial charge in [0.1, 0.15) is 5.54 Å². The maximum Gasteiger partial charge on any atom is 0.327 e. The lowest BCUT2D eigenvalue weighted by atomic mass is 10.0. The van der Waals surface area contributed by atoms with Crippen LogP contribution in [0.2, 0.25) is 0 Å². The SMILES string of the molecule is CCOC(=O)C(C)(N)CN(C)C. The van der Waals surface area contributed by atoms with Gasteiger partial charge in [-0.1, -0.05) is 0 Å². The molecule has 72 valence electrons. The first-order valence-corrected chi connectivity index (χ1v) is 4.01. The third-order valence-electron chi connectivity index (χ3n) is 1.39. The lowest BCUT2D eigenvalue weighted by molar-refractivity contribution is -0.149. The number of ether oxygens (including phenoxy) is 1. The predicted molar refractivity (Wildman–Crippen MR) is 47.8 cm³/mol. The van der Waals surface area contributed by atoms with Gasteiger partial charge in [-0.2, -0.15) is 0 Å². The number of rotatable bonds is 4. The Balaban J connectivity index is 4.09. The summed E-state index contributed by atoms with van der Waals surface area (Å²) in [5.41, 5.74) is 4.83. The van der Waals surface area contributed by atoms with E-state index in [-0.39, 0.29) is 5.97 Å². The Labute approximate surface area is 73.7 Å². The van der Waals surface area contributed by atoms with Crippen LogP contribution in [0, 0.1) is 0 Å². The van der Waals surface area contributed by atoms with E-state index >= 15 is 0 Å². The van der Waals surface area contributed by atoms with Crippen LogP contribution in [0.25, 0.3) is 0 Å². The van der Waals surface area contributed by atoms with Gasteiger partial charge in [0.25, 0.3) is 0 Å². The van der Waals surface area contributed by atoms with Gasteiger partial charge in [0, 0.05) is 6.54 Å². The second-order valence-electron chi connectivity index (χ2n) is 3.38. The van der Waals surface area contributed by atoms with Crippen molar-refractivity contribution in [2.24, 2.45) is 5.73 Å². The molecular formula is C8H18N2O2. The average Bonchev–Trinajstić information content (AvgIpc) is 1.85. The van der Waals surface area contributed by atoms with Crippen LogP contribution in [0.4, 0.5) is 0 Å². The molecule has 0 saturated heterocycles. The number of hydrogen-bond donors (Lipinski definition) is 1. The molecule has 0 aromatic rings. The number of hydrogen-bond acceptors (Lipinski definition) is 4. The molecule has 4 heteroatoms. The van der Waals surface area contributed by atoms with Gasteiger partial charge in [-0.15, -0.1) is 0 Å². The molecule has 0 bridgehead atoms. The molecule has 0 aliphatic heterocycles. The average molecular weight is 174 g/mol. The van der Waals surface area contributed by atoms with E-state index in [1.807, 2.05) is 19.0 Å². The van der Waals surface area contributed by atoms with Gasteiger partial charge in [0.05, 0.1) is 6.61 Å². The van der Waals surface area contributed by atoms with Crippen LogP contribution in [-0.4, -0.2) is 43.7 Å². The lowest BCUT2D eigenvalue weighted by Gasteiger charge is -2.25. The minimum Gasteiger partial charge on any atom is -0.465 e.